The molecule has 6 nitrogen and oxygen atoms in total. The van der Waals surface area contributed by atoms with Crippen LogP contribution in [0.4, 0.5) is 0 Å². The molecule has 100 valence electrons. The first-order valence-electron chi connectivity index (χ1n) is 4.78. The van der Waals surface area contributed by atoms with Crippen LogP contribution < -0.4 is 10.5 Å². The summed E-state index contributed by atoms with van der Waals surface area (Å²) in [7, 11) is -3.78. The van der Waals surface area contributed by atoms with Crippen molar-refractivity contribution < 1.29 is 13.6 Å². The average Bonchev–Trinajstić information content (AvgIpc) is 2.31. The number of nitrogens with two attached hydrogens (primary N) is 1. The first-order chi connectivity index (χ1) is 8.36. The fourth-order valence-corrected chi connectivity index (χ4v) is 2.92. The maximum atomic E-state index is 11.9. The number of hydrogen-bond donors (Lipinski definition) is 3. The zero-order chi connectivity index (χ0) is 13.8. The van der Waals surface area contributed by atoms with Crippen molar-refractivity contribution in [3.8, 4) is 0 Å². The van der Waals surface area contributed by atoms with Gasteiger partial charge < -0.3 is 10.9 Å². The van der Waals surface area contributed by atoms with E-state index in [1.54, 1.807) is 0 Å². The van der Waals surface area contributed by atoms with E-state index in [-0.39, 0.29) is 33.7 Å². The molecule has 0 saturated carbocycles. The van der Waals surface area contributed by atoms with Gasteiger partial charge in [-0.3, -0.25) is 0 Å². The van der Waals surface area contributed by atoms with Crippen LogP contribution in [-0.4, -0.2) is 26.0 Å². The van der Waals surface area contributed by atoms with Gasteiger partial charge in [-0.25, -0.2) is 13.1 Å². The summed E-state index contributed by atoms with van der Waals surface area (Å²) in [5, 5.41) is 11.4. The summed E-state index contributed by atoms with van der Waals surface area (Å²) in [5.41, 5.74) is 5.21. The van der Waals surface area contributed by atoms with Gasteiger partial charge in [0.2, 0.25) is 10.0 Å². The predicted molar refractivity (Wildman–Crippen MR) is 69.7 cm³/mol. The van der Waals surface area contributed by atoms with E-state index < -0.39 is 10.0 Å². The lowest BCUT2D eigenvalue weighted by Gasteiger charge is -2.08. The number of sulfonamides is 1. The quantitative estimate of drug-likeness (QED) is 0.331. The second-order valence-electron chi connectivity index (χ2n) is 3.31. The van der Waals surface area contributed by atoms with Crippen LogP contribution in [0.25, 0.3) is 0 Å². The Bertz CT molecular complexity index is 560. The first-order valence-corrected chi connectivity index (χ1v) is 7.02. The molecule has 18 heavy (non-hydrogen) atoms. The van der Waals surface area contributed by atoms with Gasteiger partial charge in [0.15, 0.2) is 0 Å². The van der Waals surface area contributed by atoms with Crippen LogP contribution in [-0.2, 0) is 10.0 Å². The standard InChI is InChI=1S/C9H11Cl2N3O3S/c10-6-1-2-7(11)8(5-6)18(16,17)13-4-3-9(12)14-15/h1-2,5,13,15H,3-4H2,(H2,12,14). The summed E-state index contributed by atoms with van der Waals surface area (Å²) in [6.07, 6.45) is 0.0773. The highest BCUT2D eigenvalue weighted by atomic mass is 35.5. The molecule has 0 aliphatic heterocycles. The molecule has 1 rings (SSSR count). The zero-order valence-corrected chi connectivity index (χ0v) is 11.4. The Labute approximate surface area is 114 Å². The van der Waals surface area contributed by atoms with E-state index in [0.717, 1.165) is 0 Å². The molecule has 0 radical (unpaired) electrons. The van der Waals surface area contributed by atoms with Gasteiger partial charge in [0.25, 0.3) is 0 Å². The summed E-state index contributed by atoms with van der Waals surface area (Å²) < 4.78 is 26.0. The van der Waals surface area contributed by atoms with Crippen molar-refractivity contribution in [3.05, 3.63) is 28.2 Å². The van der Waals surface area contributed by atoms with Crippen LogP contribution in [0.1, 0.15) is 6.42 Å². The lowest BCUT2D eigenvalue weighted by Crippen LogP contribution is -2.28. The minimum atomic E-state index is -3.78. The number of nitrogens with zero attached hydrogens (tertiary/aromatic N) is 1. The third-order valence-corrected chi connectivity index (χ3v) is 4.16. The minimum absolute atomic E-state index is 0.0128. The Balaban J connectivity index is 2.84. The monoisotopic (exact) mass is 311 g/mol. The highest BCUT2D eigenvalue weighted by Crippen LogP contribution is 2.24. The van der Waals surface area contributed by atoms with Crippen LogP contribution in [0.5, 0.6) is 0 Å². The van der Waals surface area contributed by atoms with Crippen molar-refractivity contribution in [3.63, 3.8) is 0 Å². The lowest BCUT2D eigenvalue weighted by molar-refractivity contribution is 0.317. The molecule has 0 amide bonds. The SMILES string of the molecule is NC(CCNS(=O)(=O)c1cc(Cl)ccc1Cl)=NO. The Hall–Kier alpha value is -1.02. The third kappa shape index (κ3) is 4.02. The number of halogens is 2. The molecule has 0 aromatic heterocycles. The van der Waals surface area contributed by atoms with Gasteiger partial charge in [-0.2, -0.15) is 0 Å². The third-order valence-electron chi connectivity index (χ3n) is 1.98. The number of oxime groups is 1. The molecule has 0 heterocycles. The summed E-state index contributed by atoms with van der Waals surface area (Å²) >= 11 is 11.5. The molecule has 1 aromatic carbocycles. The van der Waals surface area contributed by atoms with Crippen molar-refractivity contribution in [1.82, 2.24) is 4.72 Å². The normalized spacial score (nSPS) is 12.7. The van der Waals surface area contributed by atoms with E-state index >= 15 is 0 Å². The highest BCUT2D eigenvalue weighted by Gasteiger charge is 2.17. The molecule has 1 aromatic rings. The zero-order valence-electron chi connectivity index (χ0n) is 9.10. The van der Waals surface area contributed by atoms with E-state index in [1.807, 2.05) is 0 Å². The van der Waals surface area contributed by atoms with Crippen molar-refractivity contribution in [2.45, 2.75) is 11.3 Å². The Morgan fingerprint density at radius 1 is 1.44 bits per heavy atom. The summed E-state index contributed by atoms with van der Waals surface area (Å²) in [6, 6.07) is 4.12. The first kappa shape index (κ1) is 15.0. The van der Waals surface area contributed by atoms with Crippen molar-refractivity contribution in [2.24, 2.45) is 10.9 Å². The molecule has 4 N–H and O–H groups in total. The average molecular weight is 312 g/mol. The predicted octanol–water partition coefficient (Wildman–Crippen LogP) is 1.41. The van der Waals surface area contributed by atoms with Gasteiger partial charge in [0.05, 0.1) is 5.02 Å². The van der Waals surface area contributed by atoms with E-state index in [4.69, 9.17) is 34.1 Å². The number of nitrogens with one attached hydrogen (secondary N) is 1. The maximum Gasteiger partial charge on any atom is 0.242 e. The van der Waals surface area contributed by atoms with Gasteiger partial charge in [-0.05, 0) is 18.2 Å². The second-order valence-corrected chi connectivity index (χ2v) is 5.89. The van der Waals surface area contributed by atoms with Crippen molar-refractivity contribution >= 4 is 39.1 Å². The topological polar surface area (TPSA) is 105 Å². The molecule has 0 spiro atoms. The number of hydrogen-bond acceptors (Lipinski definition) is 4. The second kappa shape index (κ2) is 6.24. The fourth-order valence-electron chi connectivity index (χ4n) is 1.12. The highest BCUT2D eigenvalue weighted by molar-refractivity contribution is 7.89. The van der Waals surface area contributed by atoms with E-state index in [9.17, 15) is 8.42 Å². The van der Waals surface area contributed by atoms with Gasteiger partial charge in [0, 0.05) is 18.0 Å². The molecule has 0 bridgehead atoms. The van der Waals surface area contributed by atoms with E-state index in [0.29, 0.717) is 0 Å². The summed E-state index contributed by atoms with van der Waals surface area (Å²) in [5.74, 6) is -0.0742. The van der Waals surface area contributed by atoms with Gasteiger partial charge in [-0.15, -0.1) is 0 Å². The summed E-state index contributed by atoms with van der Waals surface area (Å²) in [6.45, 7) is -0.0128. The van der Waals surface area contributed by atoms with E-state index in [1.165, 1.54) is 18.2 Å². The van der Waals surface area contributed by atoms with Crippen LogP contribution in [0.2, 0.25) is 10.0 Å². The smallest absolute Gasteiger partial charge is 0.242 e. The van der Waals surface area contributed by atoms with E-state index in [2.05, 4.69) is 9.88 Å². The van der Waals surface area contributed by atoms with Gasteiger partial charge >= 0.3 is 0 Å². The van der Waals surface area contributed by atoms with Gasteiger partial charge in [-0.1, -0.05) is 28.4 Å². The molecular formula is C9H11Cl2N3O3S. The van der Waals surface area contributed by atoms with Crippen LogP contribution >= 0.6 is 23.2 Å². The fraction of sp³-hybridized carbons (Fsp3) is 0.222. The molecular weight excluding hydrogens is 301 g/mol. The Kier molecular flexibility index (Phi) is 5.21. The number of rotatable bonds is 5. The molecule has 0 aliphatic rings. The molecule has 0 unspecified atom stereocenters. The van der Waals surface area contributed by atoms with Crippen molar-refractivity contribution in [2.75, 3.05) is 6.54 Å². The van der Waals surface area contributed by atoms with Crippen LogP contribution in [0, 0.1) is 0 Å². The Morgan fingerprint density at radius 3 is 2.72 bits per heavy atom. The molecule has 0 atom stereocenters. The molecule has 9 heteroatoms. The number of amidine groups is 1. The lowest BCUT2D eigenvalue weighted by atomic mass is 10.4. The summed E-state index contributed by atoms with van der Waals surface area (Å²) in [4.78, 5) is -0.115. The maximum absolute atomic E-state index is 11.9. The van der Waals surface area contributed by atoms with Crippen LogP contribution in [0.3, 0.4) is 0 Å². The molecule has 0 saturated heterocycles. The Morgan fingerprint density at radius 2 is 2.11 bits per heavy atom. The minimum Gasteiger partial charge on any atom is -0.409 e. The van der Waals surface area contributed by atoms with Gasteiger partial charge in [0.1, 0.15) is 10.7 Å². The molecule has 0 aliphatic carbocycles. The van der Waals surface area contributed by atoms with Crippen LogP contribution in [0.15, 0.2) is 28.3 Å². The molecule has 0 fully saturated rings. The number of benzene rings is 1. The largest absolute Gasteiger partial charge is 0.409 e. The van der Waals surface area contributed by atoms with Crippen molar-refractivity contribution in [1.29, 1.82) is 0 Å².